The fourth-order valence-corrected chi connectivity index (χ4v) is 3.12. The molecule has 0 spiro atoms. The topological polar surface area (TPSA) is 26.0 Å². The molecule has 0 heterocycles. The summed E-state index contributed by atoms with van der Waals surface area (Å²) >= 11 is 0. The van der Waals surface area contributed by atoms with Gasteiger partial charge in [-0.3, -0.25) is 0 Å². The van der Waals surface area contributed by atoms with Crippen molar-refractivity contribution in [1.82, 2.24) is 0 Å². The second kappa shape index (κ2) is 3.37. The van der Waals surface area contributed by atoms with Gasteiger partial charge in [-0.15, -0.1) is 0 Å². The zero-order valence-corrected chi connectivity index (χ0v) is 8.02. The molecule has 2 aliphatic rings. The maximum atomic E-state index is 6.43. The van der Waals surface area contributed by atoms with Crippen molar-refractivity contribution in [2.24, 2.45) is 11.7 Å². The third-order valence-electron chi connectivity index (χ3n) is 3.95. The summed E-state index contributed by atoms with van der Waals surface area (Å²) in [6, 6.07) is 0. The molecule has 0 bridgehead atoms. The highest BCUT2D eigenvalue weighted by Gasteiger charge is 2.37. The molecule has 0 saturated heterocycles. The van der Waals surface area contributed by atoms with Crippen LogP contribution in [0.5, 0.6) is 0 Å². The van der Waals surface area contributed by atoms with Crippen molar-refractivity contribution in [3.8, 4) is 0 Å². The standard InChI is InChI=1S/C11H21N/c12-11(8-4-5-9-11)10-6-2-1-3-7-10/h10H,1-9,12H2. The molecule has 70 valence electrons. The minimum Gasteiger partial charge on any atom is -0.325 e. The van der Waals surface area contributed by atoms with Gasteiger partial charge in [0.05, 0.1) is 0 Å². The van der Waals surface area contributed by atoms with Crippen LogP contribution >= 0.6 is 0 Å². The Hall–Kier alpha value is -0.0400. The lowest BCUT2D eigenvalue weighted by molar-refractivity contribution is 0.209. The normalized spacial score (nSPS) is 30.8. The van der Waals surface area contributed by atoms with E-state index in [1.807, 2.05) is 0 Å². The average molecular weight is 167 g/mol. The summed E-state index contributed by atoms with van der Waals surface area (Å²) in [7, 11) is 0. The van der Waals surface area contributed by atoms with Gasteiger partial charge >= 0.3 is 0 Å². The number of rotatable bonds is 1. The van der Waals surface area contributed by atoms with Crippen LogP contribution in [0.25, 0.3) is 0 Å². The Morgan fingerprint density at radius 3 is 2.00 bits per heavy atom. The van der Waals surface area contributed by atoms with Crippen molar-refractivity contribution >= 4 is 0 Å². The molecule has 1 heteroatoms. The molecule has 2 rings (SSSR count). The molecule has 0 radical (unpaired) electrons. The van der Waals surface area contributed by atoms with Gasteiger partial charge in [-0.1, -0.05) is 32.1 Å². The summed E-state index contributed by atoms with van der Waals surface area (Å²) in [5.41, 5.74) is 6.70. The molecule has 2 fully saturated rings. The Labute approximate surface area is 75.7 Å². The first-order valence-electron chi connectivity index (χ1n) is 5.60. The van der Waals surface area contributed by atoms with Crippen LogP contribution in [-0.2, 0) is 0 Å². The fourth-order valence-electron chi connectivity index (χ4n) is 3.12. The Morgan fingerprint density at radius 2 is 1.42 bits per heavy atom. The third kappa shape index (κ3) is 1.52. The lowest BCUT2D eigenvalue weighted by atomic mass is 9.74. The van der Waals surface area contributed by atoms with Crippen LogP contribution in [0, 0.1) is 5.92 Å². The van der Waals surface area contributed by atoms with Gasteiger partial charge < -0.3 is 5.73 Å². The highest BCUT2D eigenvalue weighted by molar-refractivity contribution is 4.95. The van der Waals surface area contributed by atoms with Gasteiger partial charge in [-0.2, -0.15) is 0 Å². The fraction of sp³-hybridized carbons (Fsp3) is 1.00. The Morgan fingerprint density at radius 1 is 0.833 bits per heavy atom. The Balaban J connectivity index is 1.96. The maximum absolute atomic E-state index is 6.43. The summed E-state index contributed by atoms with van der Waals surface area (Å²) in [6.07, 6.45) is 12.5. The van der Waals surface area contributed by atoms with E-state index >= 15 is 0 Å². The van der Waals surface area contributed by atoms with Gasteiger partial charge in [0.2, 0.25) is 0 Å². The largest absolute Gasteiger partial charge is 0.325 e. The van der Waals surface area contributed by atoms with Crippen molar-refractivity contribution in [2.45, 2.75) is 63.3 Å². The highest BCUT2D eigenvalue weighted by Crippen LogP contribution is 2.40. The molecule has 2 aliphatic carbocycles. The monoisotopic (exact) mass is 167 g/mol. The molecular weight excluding hydrogens is 146 g/mol. The van der Waals surface area contributed by atoms with E-state index in [1.165, 1.54) is 57.8 Å². The van der Waals surface area contributed by atoms with E-state index in [0.29, 0.717) is 0 Å². The minimum absolute atomic E-state index is 0.264. The van der Waals surface area contributed by atoms with Crippen LogP contribution in [0.2, 0.25) is 0 Å². The zero-order chi connectivity index (χ0) is 8.44. The first-order chi connectivity index (χ1) is 5.81. The summed E-state index contributed by atoms with van der Waals surface area (Å²) < 4.78 is 0. The molecule has 0 aliphatic heterocycles. The molecule has 0 amide bonds. The van der Waals surface area contributed by atoms with E-state index < -0.39 is 0 Å². The lowest BCUT2D eigenvalue weighted by Crippen LogP contribution is -2.45. The molecule has 12 heavy (non-hydrogen) atoms. The molecule has 0 atom stereocenters. The van der Waals surface area contributed by atoms with Crippen molar-refractivity contribution in [3.05, 3.63) is 0 Å². The van der Waals surface area contributed by atoms with Crippen molar-refractivity contribution < 1.29 is 0 Å². The SMILES string of the molecule is NC1(C2CCCCC2)CCCC1. The van der Waals surface area contributed by atoms with Crippen LogP contribution in [0.4, 0.5) is 0 Å². The van der Waals surface area contributed by atoms with Gasteiger partial charge in [0.15, 0.2) is 0 Å². The summed E-state index contributed by atoms with van der Waals surface area (Å²) in [5.74, 6) is 0.869. The molecule has 1 nitrogen and oxygen atoms in total. The molecule has 0 unspecified atom stereocenters. The van der Waals surface area contributed by atoms with Crippen LogP contribution in [0.3, 0.4) is 0 Å². The lowest BCUT2D eigenvalue weighted by Gasteiger charge is -2.36. The molecule has 2 N–H and O–H groups in total. The highest BCUT2D eigenvalue weighted by atomic mass is 14.8. The minimum atomic E-state index is 0.264. The molecular formula is C11H21N. The second-order valence-electron chi connectivity index (χ2n) is 4.78. The van der Waals surface area contributed by atoms with Crippen molar-refractivity contribution in [2.75, 3.05) is 0 Å². The summed E-state index contributed by atoms with van der Waals surface area (Å²) in [4.78, 5) is 0. The first kappa shape index (κ1) is 8.55. The molecule has 0 aromatic rings. The van der Waals surface area contributed by atoms with Crippen LogP contribution in [0.15, 0.2) is 0 Å². The quantitative estimate of drug-likeness (QED) is 0.638. The van der Waals surface area contributed by atoms with Gasteiger partial charge in [0, 0.05) is 5.54 Å². The molecule has 2 saturated carbocycles. The number of nitrogens with two attached hydrogens (primary N) is 1. The first-order valence-corrected chi connectivity index (χ1v) is 5.60. The number of hydrogen-bond donors (Lipinski definition) is 1. The van der Waals surface area contributed by atoms with E-state index in [1.54, 1.807) is 0 Å². The van der Waals surface area contributed by atoms with Crippen LogP contribution < -0.4 is 5.73 Å². The van der Waals surface area contributed by atoms with Crippen molar-refractivity contribution in [3.63, 3.8) is 0 Å². The van der Waals surface area contributed by atoms with Gasteiger partial charge in [0.25, 0.3) is 0 Å². The summed E-state index contributed by atoms with van der Waals surface area (Å²) in [6.45, 7) is 0. The smallest absolute Gasteiger partial charge is 0.0182 e. The second-order valence-corrected chi connectivity index (χ2v) is 4.78. The zero-order valence-electron chi connectivity index (χ0n) is 8.02. The predicted octanol–water partition coefficient (Wildman–Crippen LogP) is 2.84. The van der Waals surface area contributed by atoms with Crippen LogP contribution in [-0.4, -0.2) is 5.54 Å². The van der Waals surface area contributed by atoms with E-state index in [2.05, 4.69) is 0 Å². The van der Waals surface area contributed by atoms with Gasteiger partial charge in [-0.25, -0.2) is 0 Å². The van der Waals surface area contributed by atoms with E-state index in [-0.39, 0.29) is 5.54 Å². The predicted molar refractivity (Wildman–Crippen MR) is 52.0 cm³/mol. The maximum Gasteiger partial charge on any atom is 0.0182 e. The van der Waals surface area contributed by atoms with Gasteiger partial charge in [-0.05, 0) is 31.6 Å². The van der Waals surface area contributed by atoms with E-state index in [0.717, 1.165) is 5.92 Å². The Kier molecular flexibility index (Phi) is 2.40. The van der Waals surface area contributed by atoms with Crippen LogP contribution in [0.1, 0.15) is 57.8 Å². The van der Waals surface area contributed by atoms with E-state index in [9.17, 15) is 0 Å². The van der Waals surface area contributed by atoms with Crippen molar-refractivity contribution in [1.29, 1.82) is 0 Å². The summed E-state index contributed by atoms with van der Waals surface area (Å²) in [5, 5.41) is 0. The molecule has 0 aromatic heterocycles. The average Bonchev–Trinajstić information content (AvgIpc) is 2.55. The Bertz CT molecular complexity index is 141. The third-order valence-corrected chi connectivity index (χ3v) is 3.95. The van der Waals surface area contributed by atoms with E-state index in [4.69, 9.17) is 5.73 Å². The number of hydrogen-bond acceptors (Lipinski definition) is 1. The van der Waals surface area contributed by atoms with Gasteiger partial charge in [0.1, 0.15) is 0 Å². The molecule has 0 aromatic carbocycles.